The molecule has 0 aliphatic heterocycles. The van der Waals surface area contributed by atoms with Crippen molar-refractivity contribution in [3.63, 3.8) is 0 Å². The number of alkyl halides is 2. The Kier molecular flexibility index (Phi) is 5.05. The average Bonchev–Trinajstić information content (AvgIpc) is 2.95. The van der Waals surface area contributed by atoms with Gasteiger partial charge in [-0.05, 0) is 24.6 Å². The lowest BCUT2D eigenvalue weighted by atomic mass is 10.2. The summed E-state index contributed by atoms with van der Waals surface area (Å²) in [5, 5.41) is 0.251. The number of aryl methyl sites for hydroxylation is 1. The highest BCUT2D eigenvalue weighted by Crippen LogP contribution is 2.23. The molecule has 0 unspecified atom stereocenters. The number of hydrogen-bond donors (Lipinski definition) is 0. The fraction of sp³-hybridized carbons (Fsp3) is 0.143. The van der Waals surface area contributed by atoms with Gasteiger partial charge >= 0.3 is 0 Å². The zero-order valence-corrected chi connectivity index (χ0v) is 12.5. The monoisotopic (exact) mass is 347 g/mol. The Morgan fingerprint density at radius 3 is 2.52 bits per heavy atom. The van der Waals surface area contributed by atoms with Crippen molar-refractivity contribution in [3.8, 4) is 5.69 Å². The summed E-state index contributed by atoms with van der Waals surface area (Å²) in [6.07, 6.45) is 2.68. The van der Waals surface area contributed by atoms with Crippen LogP contribution in [0.1, 0.15) is 5.56 Å². The third-order valence-electron chi connectivity index (χ3n) is 2.98. The number of fused-ring (bicyclic) bond motifs is 1. The minimum absolute atomic E-state index is 0.00405. The number of nitrogens with zero attached hydrogens (tertiary/aromatic N) is 3. The number of rotatable bonds is 1. The van der Waals surface area contributed by atoms with E-state index < -0.39 is 24.3 Å². The second-order valence-electron chi connectivity index (χ2n) is 4.39. The predicted molar refractivity (Wildman–Crippen MR) is 77.5 cm³/mol. The Hall–Kier alpha value is -2.35. The molecule has 0 saturated heterocycles. The number of imidazole rings is 1. The fourth-order valence-corrected chi connectivity index (χ4v) is 2.15. The van der Waals surface area contributed by atoms with E-state index in [1.54, 1.807) is 6.92 Å². The third kappa shape index (κ3) is 3.21. The van der Waals surface area contributed by atoms with Gasteiger partial charge in [-0.1, -0.05) is 11.6 Å². The first-order chi connectivity index (χ1) is 10.9. The molecule has 122 valence electrons. The molecule has 3 aromatic rings. The van der Waals surface area contributed by atoms with E-state index in [9.17, 15) is 22.4 Å². The molecule has 3 rings (SSSR count). The highest BCUT2D eigenvalue weighted by Gasteiger charge is 2.15. The molecule has 0 radical (unpaired) electrons. The van der Waals surface area contributed by atoms with Gasteiger partial charge in [0.1, 0.15) is 5.82 Å². The molecule has 0 N–H and O–H groups in total. The molecule has 23 heavy (non-hydrogen) atoms. The maximum atomic E-state index is 14.1. The van der Waals surface area contributed by atoms with Crippen molar-refractivity contribution in [1.82, 2.24) is 14.0 Å². The third-order valence-corrected chi connectivity index (χ3v) is 3.39. The Morgan fingerprint density at radius 2 is 1.87 bits per heavy atom. The average molecular weight is 348 g/mol. The summed E-state index contributed by atoms with van der Waals surface area (Å²) in [7, 11) is 0. The molecular weight excluding hydrogens is 338 g/mol. The number of halogens is 5. The second kappa shape index (κ2) is 6.82. The van der Waals surface area contributed by atoms with Crippen molar-refractivity contribution in [1.29, 1.82) is 0 Å². The molecule has 0 saturated carbocycles. The molecule has 0 amide bonds. The molecule has 0 aliphatic carbocycles. The molecule has 0 fully saturated rings. The van der Waals surface area contributed by atoms with Crippen molar-refractivity contribution in [3.05, 3.63) is 63.3 Å². The van der Waals surface area contributed by atoms with Crippen LogP contribution in [0, 0.1) is 18.7 Å². The van der Waals surface area contributed by atoms with E-state index in [-0.39, 0.29) is 16.5 Å². The first kappa shape index (κ1) is 17.0. The van der Waals surface area contributed by atoms with Crippen molar-refractivity contribution in [2.45, 2.75) is 6.92 Å². The maximum absolute atomic E-state index is 14.1. The minimum atomic E-state index is -1.75. The number of hydrogen-bond acceptors (Lipinski definition) is 2. The zero-order valence-electron chi connectivity index (χ0n) is 11.7. The van der Waals surface area contributed by atoms with E-state index >= 15 is 0 Å². The van der Waals surface area contributed by atoms with Gasteiger partial charge in [-0.25, -0.2) is 22.7 Å². The van der Waals surface area contributed by atoms with E-state index in [1.165, 1.54) is 18.5 Å². The summed E-state index contributed by atoms with van der Waals surface area (Å²) >= 11 is 5.83. The van der Waals surface area contributed by atoms with Gasteiger partial charge in [0, 0.05) is 17.4 Å². The lowest BCUT2D eigenvalue weighted by molar-refractivity contribution is 0.295. The van der Waals surface area contributed by atoms with Crippen molar-refractivity contribution < 1.29 is 17.6 Å². The molecule has 4 nitrogen and oxygen atoms in total. The summed E-state index contributed by atoms with van der Waals surface area (Å²) in [5.74, 6) is -1.44. The van der Waals surface area contributed by atoms with Crippen LogP contribution in [0.25, 0.3) is 11.5 Å². The molecule has 2 aromatic heterocycles. The Morgan fingerprint density at radius 1 is 1.22 bits per heavy atom. The van der Waals surface area contributed by atoms with Gasteiger partial charge < -0.3 is 0 Å². The van der Waals surface area contributed by atoms with Crippen LogP contribution in [0.4, 0.5) is 17.6 Å². The first-order valence-electron chi connectivity index (χ1n) is 6.23. The van der Waals surface area contributed by atoms with Crippen LogP contribution in [0.5, 0.6) is 0 Å². The van der Waals surface area contributed by atoms with Crippen molar-refractivity contribution in [2.24, 2.45) is 0 Å². The van der Waals surface area contributed by atoms with E-state index in [0.717, 1.165) is 21.1 Å². The van der Waals surface area contributed by atoms with Gasteiger partial charge in [0.25, 0.3) is 5.56 Å². The molecule has 0 atom stereocenters. The van der Waals surface area contributed by atoms with Crippen LogP contribution >= 0.6 is 11.6 Å². The highest BCUT2D eigenvalue weighted by atomic mass is 35.5. The second-order valence-corrected chi connectivity index (χ2v) is 4.80. The van der Waals surface area contributed by atoms with Crippen molar-refractivity contribution >= 4 is 17.4 Å². The number of aromatic nitrogens is 3. The smallest absolute Gasteiger partial charge is 0.262 e. The molecule has 0 spiro atoms. The van der Waals surface area contributed by atoms with Gasteiger partial charge in [0.2, 0.25) is 18.7 Å². The predicted octanol–water partition coefficient (Wildman–Crippen LogP) is 3.61. The van der Waals surface area contributed by atoms with Crippen LogP contribution in [0.15, 0.2) is 35.4 Å². The largest absolute Gasteiger partial charge is 0.269 e. The number of benzene rings is 1. The van der Waals surface area contributed by atoms with E-state index in [0.29, 0.717) is 5.56 Å². The van der Waals surface area contributed by atoms with Gasteiger partial charge in [-0.3, -0.25) is 9.20 Å². The summed E-state index contributed by atoms with van der Waals surface area (Å²) in [6, 6.07) is 3.31. The van der Waals surface area contributed by atoms with E-state index in [1.807, 2.05) is 0 Å². The summed E-state index contributed by atoms with van der Waals surface area (Å²) in [5.41, 5.74) is -0.126. The van der Waals surface area contributed by atoms with Crippen LogP contribution in [-0.4, -0.2) is 20.9 Å². The summed E-state index contributed by atoms with van der Waals surface area (Å²) < 4.78 is 49.0. The van der Waals surface area contributed by atoms with Crippen LogP contribution < -0.4 is 5.56 Å². The normalized spacial score (nSPS) is 10.5. The van der Waals surface area contributed by atoms with E-state index in [2.05, 4.69) is 4.98 Å². The van der Waals surface area contributed by atoms with Gasteiger partial charge in [0.05, 0.1) is 11.8 Å². The van der Waals surface area contributed by atoms with E-state index in [4.69, 9.17) is 11.6 Å². The molecule has 2 heterocycles. The van der Waals surface area contributed by atoms with Gasteiger partial charge in [-0.15, -0.1) is 0 Å². The van der Waals surface area contributed by atoms with Crippen molar-refractivity contribution in [2.75, 3.05) is 6.93 Å². The summed E-state index contributed by atoms with van der Waals surface area (Å²) in [4.78, 5) is 15.9. The van der Waals surface area contributed by atoms with Crippen LogP contribution in [0.3, 0.4) is 0 Å². The molecule has 0 bridgehead atoms. The molecule has 0 aliphatic rings. The molecule has 1 aromatic carbocycles. The first-order valence-corrected chi connectivity index (χ1v) is 6.61. The quantitative estimate of drug-likeness (QED) is 0.498. The Bertz CT molecular complexity index is 907. The van der Waals surface area contributed by atoms with Gasteiger partial charge in [-0.2, -0.15) is 4.39 Å². The Labute approximate surface area is 132 Å². The molecule has 9 heteroatoms. The zero-order chi connectivity index (χ0) is 17.1. The molecular formula is C14H10ClF4N3O. The minimum Gasteiger partial charge on any atom is -0.269 e. The lowest BCUT2D eigenvalue weighted by Crippen LogP contribution is -2.22. The standard InChI is InChI=1S/C13H8ClF2N3O.CH2F2/c1-7-4-10(9(15)5-8(7)14)19-12(20)6-11(16)18-3-2-17-13(18)19;2-1-3/h2-6H,1H3;1H2. The Balaban J connectivity index is 0.000000595. The lowest BCUT2D eigenvalue weighted by Gasteiger charge is -2.10. The fourth-order valence-electron chi connectivity index (χ4n) is 2.00. The van der Waals surface area contributed by atoms with Crippen LogP contribution in [-0.2, 0) is 0 Å². The summed E-state index contributed by atoms with van der Waals surface area (Å²) in [6.45, 7) is -0.0669. The highest BCUT2D eigenvalue weighted by molar-refractivity contribution is 6.31. The van der Waals surface area contributed by atoms with Crippen LogP contribution in [0.2, 0.25) is 5.02 Å². The topological polar surface area (TPSA) is 39.3 Å². The van der Waals surface area contributed by atoms with Gasteiger partial charge in [0.15, 0.2) is 0 Å². The SMILES string of the molecule is Cc1cc(-n2c(=O)cc(F)n3ccnc23)c(F)cc1Cl.FCF. The maximum Gasteiger partial charge on any atom is 0.262 e.